The van der Waals surface area contributed by atoms with Crippen molar-refractivity contribution in [2.24, 2.45) is 11.0 Å². The van der Waals surface area contributed by atoms with E-state index in [-0.39, 0.29) is 13.2 Å². The molecule has 0 bridgehead atoms. The molecule has 1 aromatic rings. The van der Waals surface area contributed by atoms with Crippen molar-refractivity contribution < 1.29 is 28.5 Å². The highest BCUT2D eigenvalue weighted by molar-refractivity contribution is 5.67. The molecule has 0 aromatic heterocycles. The molecule has 0 aliphatic carbocycles. The van der Waals surface area contributed by atoms with Crippen LogP contribution in [-0.4, -0.2) is 43.6 Å². The number of hydrogen-bond donors (Lipinski definition) is 0. The summed E-state index contributed by atoms with van der Waals surface area (Å²) in [5, 5.41) is 3.55. The minimum absolute atomic E-state index is 0.00807. The molecule has 1 aliphatic rings. The molecule has 26 heavy (non-hydrogen) atoms. The minimum Gasteiger partial charge on any atom is -0.491 e. The normalized spacial score (nSPS) is 24.4. The fourth-order valence-corrected chi connectivity index (χ4v) is 2.69. The van der Waals surface area contributed by atoms with Crippen molar-refractivity contribution in [2.45, 2.75) is 39.3 Å². The van der Waals surface area contributed by atoms with Crippen LogP contribution in [0.3, 0.4) is 0 Å². The van der Waals surface area contributed by atoms with Crippen molar-refractivity contribution in [3.63, 3.8) is 0 Å². The van der Waals surface area contributed by atoms with Gasteiger partial charge in [0.05, 0.1) is 0 Å². The predicted octanol–water partition coefficient (Wildman–Crippen LogP) is 2.52. The number of aryl methyl sites for hydroxylation is 1. The van der Waals surface area contributed by atoms with Crippen molar-refractivity contribution in [3.05, 3.63) is 40.3 Å². The van der Waals surface area contributed by atoms with Gasteiger partial charge in [-0.15, -0.1) is 0 Å². The van der Waals surface area contributed by atoms with Crippen molar-refractivity contribution in [1.82, 2.24) is 0 Å². The zero-order chi connectivity index (χ0) is 19.1. The van der Waals surface area contributed by atoms with Gasteiger partial charge in [-0.2, -0.15) is 0 Å². The molecule has 0 spiro atoms. The molecule has 9 heteroatoms. The standard InChI is InChI=1S/C17H21N3O6/c1-10-4-6-13(7-5-10)23-9-15-14(8-19-20-18)16(24-11(2)21)17(26-15)25-12(3)22/h4-7,14-17H,8-9H2,1-3H3/t14-,15-,16-,17?/m1/s1. The average Bonchev–Trinajstić information content (AvgIpc) is 2.88. The Morgan fingerprint density at radius 2 is 1.85 bits per heavy atom. The van der Waals surface area contributed by atoms with E-state index in [0.29, 0.717) is 5.75 Å². The second-order valence-corrected chi connectivity index (χ2v) is 5.93. The zero-order valence-electron chi connectivity index (χ0n) is 14.8. The van der Waals surface area contributed by atoms with E-state index in [1.807, 2.05) is 31.2 Å². The Morgan fingerprint density at radius 1 is 1.19 bits per heavy atom. The highest BCUT2D eigenvalue weighted by atomic mass is 16.7. The average molecular weight is 363 g/mol. The largest absolute Gasteiger partial charge is 0.491 e. The van der Waals surface area contributed by atoms with Crippen LogP contribution in [0.1, 0.15) is 19.4 Å². The Labute approximate surface area is 150 Å². The summed E-state index contributed by atoms with van der Waals surface area (Å²) in [6, 6.07) is 7.46. The van der Waals surface area contributed by atoms with Crippen molar-refractivity contribution >= 4 is 11.9 Å². The summed E-state index contributed by atoms with van der Waals surface area (Å²) in [4.78, 5) is 25.5. The third-order valence-corrected chi connectivity index (χ3v) is 3.85. The topological polar surface area (TPSA) is 120 Å². The molecule has 1 aliphatic heterocycles. The van der Waals surface area contributed by atoms with Crippen LogP contribution in [0.25, 0.3) is 10.4 Å². The lowest BCUT2D eigenvalue weighted by molar-refractivity contribution is -0.195. The molecular weight excluding hydrogens is 342 g/mol. The number of hydrogen-bond acceptors (Lipinski definition) is 7. The van der Waals surface area contributed by atoms with E-state index in [4.69, 9.17) is 24.5 Å². The van der Waals surface area contributed by atoms with Gasteiger partial charge in [-0.1, -0.05) is 22.8 Å². The number of ether oxygens (including phenoxy) is 4. The third-order valence-electron chi connectivity index (χ3n) is 3.85. The minimum atomic E-state index is -1.08. The maximum absolute atomic E-state index is 11.4. The van der Waals surface area contributed by atoms with Crippen LogP contribution < -0.4 is 4.74 Å². The number of nitrogens with zero attached hydrogens (tertiary/aromatic N) is 3. The van der Waals surface area contributed by atoms with Gasteiger partial charge in [-0.25, -0.2) is 0 Å². The van der Waals surface area contributed by atoms with Gasteiger partial charge in [0, 0.05) is 31.2 Å². The van der Waals surface area contributed by atoms with E-state index >= 15 is 0 Å². The number of esters is 2. The predicted molar refractivity (Wildman–Crippen MR) is 90.2 cm³/mol. The smallest absolute Gasteiger partial charge is 0.305 e. The van der Waals surface area contributed by atoms with Gasteiger partial charge in [0.1, 0.15) is 18.5 Å². The Bertz CT molecular complexity index is 686. The molecule has 0 saturated carbocycles. The van der Waals surface area contributed by atoms with Gasteiger partial charge >= 0.3 is 11.9 Å². The maximum Gasteiger partial charge on any atom is 0.305 e. The van der Waals surface area contributed by atoms with Crippen LogP contribution >= 0.6 is 0 Å². The molecule has 140 valence electrons. The highest BCUT2D eigenvalue weighted by Crippen LogP contribution is 2.32. The molecule has 0 radical (unpaired) electrons. The SMILES string of the molecule is CC(=O)OC1O[C@H](COc2ccc(C)cc2)[C@@H](CN=[N+]=[N-])[C@H]1OC(C)=O. The van der Waals surface area contributed by atoms with E-state index in [1.165, 1.54) is 13.8 Å². The van der Waals surface area contributed by atoms with Crippen LogP contribution in [-0.2, 0) is 23.8 Å². The first-order valence-corrected chi connectivity index (χ1v) is 8.11. The van der Waals surface area contributed by atoms with E-state index in [9.17, 15) is 9.59 Å². The molecular formula is C17H21N3O6. The lowest BCUT2D eigenvalue weighted by Gasteiger charge is -2.22. The van der Waals surface area contributed by atoms with E-state index in [2.05, 4.69) is 10.0 Å². The molecule has 1 unspecified atom stereocenters. The lowest BCUT2D eigenvalue weighted by atomic mass is 9.99. The molecule has 1 saturated heterocycles. The van der Waals surface area contributed by atoms with Crippen LogP contribution in [0.4, 0.5) is 0 Å². The second kappa shape index (κ2) is 9.07. The number of azide groups is 1. The second-order valence-electron chi connectivity index (χ2n) is 5.93. The zero-order valence-corrected chi connectivity index (χ0v) is 14.8. The van der Waals surface area contributed by atoms with E-state index < -0.39 is 36.4 Å². The Kier molecular flexibility index (Phi) is 6.82. The van der Waals surface area contributed by atoms with Gasteiger partial charge in [0.2, 0.25) is 6.29 Å². The maximum atomic E-state index is 11.4. The molecule has 0 amide bonds. The summed E-state index contributed by atoms with van der Waals surface area (Å²) < 4.78 is 21.8. The van der Waals surface area contributed by atoms with Crippen LogP contribution in [0.5, 0.6) is 5.75 Å². The van der Waals surface area contributed by atoms with Crippen molar-refractivity contribution in [2.75, 3.05) is 13.2 Å². The summed E-state index contributed by atoms with van der Waals surface area (Å²) in [5.74, 6) is -0.997. The molecule has 2 rings (SSSR count). The molecule has 1 heterocycles. The molecule has 1 fully saturated rings. The van der Waals surface area contributed by atoms with E-state index in [1.54, 1.807) is 0 Å². The first kappa shape index (κ1) is 19.6. The van der Waals surface area contributed by atoms with Gasteiger partial charge in [0.15, 0.2) is 6.10 Å². The number of benzene rings is 1. The number of carbonyl (C=O) groups is 2. The highest BCUT2D eigenvalue weighted by Gasteiger charge is 2.48. The molecule has 9 nitrogen and oxygen atoms in total. The fraction of sp³-hybridized carbons (Fsp3) is 0.529. The Morgan fingerprint density at radius 3 is 2.42 bits per heavy atom. The van der Waals surface area contributed by atoms with E-state index in [0.717, 1.165) is 5.56 Å². The summed E-state index contributed by atoms with van der Waals surface area (Å²) >= 11 is 0. The monoisotopic (exact) mass is 363 g/mol. The van der Waals surface area contributed by atoms with Crippen LogP contribution in [0.15, 0.2) is 29.4 Å². The van der Waals surface area contributed by atoms with Gasteiger partial charge in [-0.05, 0) is 24.6 Å². The molecule has 1 aromatic carbocycles. The van der Waals surface area contributed by atoms with Crippen molar-refractivity contribution in [3.8, 4) is 5.75 Å². The summed E-state index contributed by atoms with van der Waals surface area (Å²) in [5.41, 5.74) is 9.72. The van der Waals surface area contributed by atoms with Gasteiger partial charge < -0.3 is 18.9 Å². The number of rotatable bonds is 7. The lowest BCUT2D eigenvalue weighted by Crippen LogP contribution is -2.37. The number of carbonyl (C=O) groups excluding carboxylic acids is 2. The van der Waals surface area contributed by atoms with Crippen LogP contribution in [0.2, 0.25) is 0 Å². The van der Waals surface area contributed by atoms with Gasteiger partial charge in [-0.3, -0.25) is 9.59 Å². The Balaban J connectivity index is 2.14. The van der Waals surface area contributed by atoms with Crippen LogP contribution in [0, 0.1) is 12.8 Å². The summed E-state index contributed by atoms with van der Waals surface area (Å²) in [6.45, 7) is 4.56. The summed E-state index contributed by atoms with van der Waals surface area (Å²) in [6.07, 6.45) is -2.55. The first-order valence-electron chi connectivity index (χ1n) is 8.11. The molecule has 4 atom stereocenters. The van der Waals surface area contributed by atoms with Gasteiger partial charge in [0.25, 0.3) is 0 Å². The fourth-order valence-electron chi connectivity index (χ4n) is 2.69. The first-order chi connectivity index (χ1) is 12.4. The molecule has 0 N–H and O–H groups in total. The quantitative estimate of drug-likeness (QED) is 0.318. The Hall–Kier alpha value is -2.77. The van der Waals surface area contributed by atoms with Crippen molar-refractivity contribution in [1.29, 1.82) is 0 Å². The third kappa shape index (κ3) is 5.37. The summed E-state index contributed by atoms with van der Waals surface area (Å²) in [7, 11) is 0.